The van der Waals surface area contributed by atoms with Gasteiger partial charge >= 0.3 is 0 Å². The molecular formula is C16H24N4. The van der Waals surface area contributed by atoms with Crippen LogP contribution in [0.1, 0.15) is 58.1 Å². The van der Waals surface area contributed by atoms with E-state index in [-0.39, 0.29) is 0 Å². The number of nitrogens with one attached hydrogen (secondary N) is 1. The van der Waals surface area contributed by atoms with Crippen LogP contribution in [0.15, 0.2) is 18.5 Å². The summed E-state index contributed by atoms with van der Waals surface area (Å²) in [5.74, 6) is 2.35. The van der Waals surface area contributed by atoms with Crippen molar-refractivity contribution in [3.05, 3.63) is 24.2 Å². The van der Waals surface area contributed by atoms with Crippen LogP contribution >= 0.6 is 0 Å². The highest BCUT2D eigenvalue weighted by molar-refractivity contribution is 5.68. The molecule has 0 spiro atoms. The molecule has 4 heteroatoms. The van der Waals surface area contributed by atoms with Gasteiger partial charge in [0.05, 0.1) is 5.69 Å². The van der Waals surface area contributed by atoms with E-state index in [9.17, 15) is 0 Å². The smallest absolute Gasteiger partial charge is 0.152 e. The molecular weight excluding hydrogens is 248 g/mol. The molecule has 0 saturated heterocycles. The van der Waals surface area contributed by atoms with Crippen LogP contribution in [0.5, 0.6) is 0 Å². The predicted octanol–water partition coefficient (Wildman–Crippen LogP) is 3.84. The lowest BCUT2D eigenvalue weighted by atomic mass is 10.1. The van der Waals surface area contributed by atoms with Crippen molar-refractivity contribution in [1.29, 1.82) is 0 Å². The van der Waals surface area contributed by atoms with Crippen molar-refractivity contribution in [3.63, 3.8) is 0 Å². The van der Waals surface area contributed by atoms with E-state index in [1.807, 2.05) is 16.9 Å². The Morgan fingerprint density at radius 1 is 1.40 bits per heavy atom. The van der Waals surface area contributed by atoms with Gasteiger partial charge in [0.2, 0.25) is 0 Å². The molecule has 1 atom stereocenters. The van der Waals surface area contributed by atoms with Crippen molar-refractivity contribution in [3.8, 4) is 0 Å². The number of fused-ring (bicyclic) bond motifs is 1. The fourth-order valence-corrected chi connectivity index (χ4v) is 2.61. The van der Waals surface area contributed by atoms with E-state index in [4.69, 9.17) is 0 Å². The molecule has 1 unspecified atom stereocenters. The molecule has 108 valence electrons. The Bertz CT molecular complexity index is 583. The molecule has 1 aliphatic rings. The average molecular weight is 272 g/mol. The van der Waals surface area contributed by atoms with Gasteiger partial charge in [0.15, 0.2) is 5.82 Å². The van der Waals surface area contributed by atoms with Gasteiger partial charge in [-0.1, -0.05) is 33.6 Å². The molecule has 0 aliphatic heterocycles. The highest BCUT2D eigenvalue weighted by Crippen LogP contribution is 2.35. The first-order valence-electron chi connectivity index (χ1n) is 7.78. The minimum atomic E-state index is 0.441. The average Bonchev–Trinajstić information content (AvgIpc) is 3.13. The van der Waals surface area contributed by atoms with Gasteiger partial charge in [-0.05, 0) is 30.7 Å². The molecule has 2 aromatic heterocycles. The summed E-state index contributed by atoms with van der Waals surface area (Å²) < 4.78 is 1.94. The Morgan fingerprint density at radius 3 is 2.85 bits per heavy atom. The normalized spacial score (nSPS) is 16.8. The maximum atomic E-state index is 4.62. The third-order valence-electron chi connectivity index (χ3n) is 4.15. The summed E-state index contributed by atoms with van der Waals surface area (Å²) in [5.41, 5.74) is 2.21. The van der Waals surface area contributed by atoms with E-state index in [2.05, 4.69) is 42.2 Å². The van der Waals surface area contributed by atoms with Gasteiger partial charge in [-0.25, -0.2) is 9.50 Å². The number of hydrogen-bond acceptors (Lipinski definition) is 3. The van der Waals surface area contributed by atoms with Crippen molar-refractivity contribution in [2.75, 3.05) is 5.32 Å². The summed E-state index contributed by atoms with van der Waals surface area (Å²) in [6.07, 6.45) is 8.97. The van der Waals surface area contributed by atoms with E-state index in [1.165, 1.54) is 19.3 Å². The Labute approximate surface area is 120 Å². The van der Waals surface area contributed by atoms with Crippen molar-refractivity contribution in [2.45, 2.75) is 58.4 Å². The highest BCUT2D eigenvalue weighted by Gasteiger charge is 2.25. The van der Waals surface area contributed by atoms with Crippen LogP contribution in [0.3, 0.4) is 0 Å². The van der Waals surface area contributed by atoms with Gasteiger partial charge < -0.3 is 5.32 Å². The first kappa shape index (κ1) is 13.4. The quantitative estimate of drug-likeness (QED) is 0.868. The van der Waals surface area contributed by atoms with Gasteiger partial charge in [-0.2, -0.15) is 5.10 Å². The van der Waals surface area contributed by atoms with Gasteiger partial charge in [0.25, 0.3) is 0 Å². The number of nitrogens with zero attached hydrogens (tertiary/aromatic N) is 3. The second-order valence-corrected chi connectivity index (χ2v) is 6.26. The Balaban J connectivity index is 1.85. The molecule has 1 fully saturated rings. The van der Waals surface area contributed by atoms with Crippen molar-refractivity contribution in [1.82, 2.24) is 14.6 Å². The van der Waals surface area contributed by atoms with Crippen LogP contribution in [-0.2, 0) is 0 Å². The van der Waals surface area contributed by atoms with Crippen molar-refractivity contribution < 1.29 is 0 Å². The number of aromatic nitrogens is 3. The molecule has 3 rings (SSSR count). The highest BCUT2D eigenvalue weighted by atomic mass is 15.2. The van der Waals surface area contributed by atoms with Gasteiger partial charge in [0, 0.05) is 18.4 Å². The minimum absolute atomic E-state index is 0.441. The van der Waals surface area contributed by atoms with E-state index >= 15 is 0 Å². The zero-order valence-corrected chi connectivity index (χ0v) is 12.6. The molecule has 1 N–H and O–H groups in total. The first-order valence-corrected chi connectivity index (χ1v) is 7.78. The lowest BCUT2D eigenvalue weighted by Gasteiger charge is -2.17. The summed E-state index contributed by atoms with van der Waals surface area (Å²) in [6, 6.07) is 2.68. The number of rotatable bonds is 6. The summed E-state index contributed by atoms with van der Waals surface area (Å²) in [4.78, 5) is 4.52. The second-order valence-electron chi connectivity index (χ2n) is 6.26. The Morgan fingerprint density at radius 2 is 2.20 bits per heavy atom. The van der Waals surface area contributed by atoms with Crippen LogP contribution in [0, 0.1) is 5.92 Å². The predicted molar refractivity (Wildman–Crippen MR) is 82.1 cm³/mol. The monoisotopic (exact) mass is 272 g/mol. The fraction of sp³-hybridized carbons (Fsp3) is 0.625. The summed E-state index contributed by atoms with van der Waals surface area (Å²) in [5, 5.41) is 8.24. The standard InChI is InChI=1S/C16H24N4/c1-4-13(9-12-5-6-12)18-16-15-10-14(11(2)3)19-20(15)8-7-17-16/h7-8,10-13H,4-6,9H2,1-3H3,(H,17,18). The van der Waals surface area contributed by atoms with Gasteiger partial charge in [-0.3, -0.25) is 0 Å². The molecule has 1 saturated carbocycles. The van der Waals surface area contributed by atoms with Gasteiger partial charge in [-0.15, -0.1) is 0 Å². The van der Waals surface area contributed by atoms with Crippen LogP contribution in [0.2, 0.25) is 0 Å². The lowest BCUT2D eigenvalue weighted by Crippen LogP contribution is -2.20. The molecule has 0 bridgehead atoms. The first-order chi connectivity index (χ1) is 9.67. The van der Waals surface area contributed by atoms with Crippen LogP contribution in [0.4, 0.5) is 5.82 Å². The topological polar surface area (TPSA) is 42.2 Å². The largest absolute Gasteiger partial charge is 0.366 e. The van der Waals surface area contributed by atoms with E-state index in [1.54, 1.807) is 0 Å². The molecule has 4 nitrogen and oxygen atoms in total. The zero-order chi connectivity index (χ0) is 14.1. The molecule has 20 heavy (non-hydrogen) atoms. The minimum Gasteiger partial charge on any atom is -0.366 e. The zero-order valence-electron chi connectivity index (χ0n) is 12.6. The number of hydrogen-bond donors (Lipinski definition) is 1. The second kappa shape index (κ2) is 5.43. The molecule has 0 amide bonds. The van der Waals surface area contributed by atoms with Crippen LogP contribution in [0.25, 0.3) is 5.52 Å². The van der Waals surface area contributed by atoms with E-state index < -0.39 is 0 Å². The molecule has 2 heterocycles. The van der Waals surface area contributed by atoms with E-state index in [0.29, 0.717) is 12.0 Å². The molecule has 0 aromatic carbocycles. The molecule has 0 radical (unpaired) electrons. The lowest BCUT2D eigenvalue weighted by molar-refractivity contribution is 0.585. The Kier molecular flexibility index (Phi) is 3.64. The van der Waals surface area contributed by atoms with Gasteiger partial charge in [0.1, 0.15) is 5.52 Å². The summed E-state index contributed by atoms with van der Waals surface area (Å²) in [7, 11) is 0. The molecule has 2 aromatic rings. The summed E-state index contributed by atoms with van der Waals surface area (Å²) in [6.45, 7) is 6.59. The maximum Gasteiger partial charge on any atom is 0.152 e. The maximum absolute atomic E-state index is 4.62. The third kappa shape index (κ3) is 2.79. The third-order valence-corrected chi connectivity index (χ3v) is 4.15. The van der Waals surface area contributed by atoms with E-state index in [0.717, 1.165) is 29.4 Å². The van der Waals surface area contributed by atoms with Crippen LogP contribution < -0.4 is 5.32 Å². The van der Waals surface area contributed by atoms with Crippen LogP contribution in [-0.4, -0.2) is 20.6 Å². The van der Waals surface area contributed by atoms with Crippen molar-refractivity contribution >= 4 is 11.3 Å². The SMILES string of the molecule is CCC(CC1CC1)Nc1nccn2nc(C(C)C)cc12. The summed E-state index contributed by atoms with van der Waals surface area (Å²) >= 11 is 0. The molecule has 1 aliphatic carbocycles. The Hall–Kier alpha value is -1.58. The fourth-order valence-electron chi connectivity index (χ4n) is 2.61. The number of anilines is 1. The van der Waals surface area contributed by atoms with Crippen molar-refractivity contribution in [2.24, 2.45) is 5.92 Å².